The molecule has 80 valence electrons. The second kappa shape index (κ2) is 4.16. The lowest BCUT2D eigenvalue weighted by Crippen LogP contribution is -2.30. The lowest BCUT2D eigenvalue weighted by atomic mass is 9.84. The van der Waals surface area contributed by atoms with E-state index in [4.69, 9.17) is 4.74 Å². The normalized spacial score (nSPS) is 22.9. The molecule has 1 unspecified atom stereocenters. The van der Waals surface area contributed by atoms with Crippen molar-refractivity contribution < 1.29 is 9.53 Å². The van der Waals surface area contributed by atoms with Crippen LogP contribution in [0, 0.1) is 5.92 Å². The number of hydrogen-bond donors (Lipinski definition) is 0. The zero-order valence-corrected chi connectivity index (χ0v) is 9.59. The van der Waals surface area contributed by atoms with E-state index in [1.54, 1.807) is 0 Å². The minimum absolute atomic E-state index is 0.200. The van der Waals surface area contributed by atoms with Crippen LogP contribution in [0.1, 0.15) is 47.0 Å². The van der Waals surface area contributed by atoms with Crippen molar-refractivity contribution in [2.75, 3.05) is 0 Å². The number of esters is 1. The van der Waals surface area contributed by atoms with Gasteiger partial charge in [0.15, 0.2) is 0 Å². The zero-order valence-electron chi connectivity index (χ0n) is 9.59. The van der Waals surface area contributed by atoms with Crippen molar-refractivity contribution in [3.63, 3.8) is 0 Å². The first-order chi connectivity index (χ1) is 6.42. The number of ether oxygens (including phenoxy) is 1. The third kappa shape index (κ3) is 2.86. The van der Waals surface area contributed by atoms with E-state index >= 15 is 0 Å². The van der Waals surface area contributed by atoms with Crippen LogP contribution >= 0.6 is 0 Å². The second-order valence-electron chi connectivity index (χ2n) is 4.71. The van der Waals surface area contributed by atoms with Gasteiger partial charge in [-0.2, -0.15) is 0 Å². The Hall–Kier alpha value is -0.790. The molecule has 2 nitrogen and oxygen atoms in total. The average Bonchev–Trinajstić information content (AvgIpc) is 2.02. The highest BCUT2D eigenvalue weighted by Gasteiger charge is 2.28. The van der Waals surface area contributed by atoms with Gasteiger partial charge in [0.05, 0.1) is 0 Å². The van der Waals surface area contributed by atoms with Crippen molar-refractivity contribution in [3.05, 3.63) is 11.6 Å². The van der Waals surface area contributed by atoms with E-state index in [0.717, 1.165) is 18.8 Å². The van der Waals surface area contributed by atoms with Gasteiger partial charge >= 0.3 is 5.97 Å². The van der Waals surface area contributed by atoms with Crippen molar-refractivity contribution >= 4 is 5.97 Å². The maximum atomic E-state index is 10.9. The number of carbonyl (C=O) groups is 1. The second-order valence-corrected chi connectivity index (χ2v) is 4.71. The molecule has 0 N–H and O–H groups in total. The van der Waals surface area contributed by atoms with Crippen LogP contribution < -0.4 is 0 Å². The highest BCUT2D eigenvalue weighted by molar-refractivity contribution is 5.67. The van der Waals surface area contributed by atoms with Gasteiger partial charge in [-0.3, -0.25) is 4.79 Å². The summed E-state index contributed by atoms with van der Waals surface area (Å²) in [7, 11) is 0. The van der Waals surface area contributed by atoms with Crippen molar-refractivity contribution in [1.29, 1.82) is 0 Å². The monoisotopic (exact) mass is 196 g/mol. The molecule has 1 aliphatic rings. The Kier molecular flexibility index (Phi) is 3.35. The van der Waals surface area contributed by atoms with E-state index in [0.29, 0.717) is 0 Å². The first-order valence-corrected chi connectivity index (χ1v) is 5.31. The predicted octanol–water partition coefficient (Wildman–Crippen LogP) is 3.07. The van der Waals surface area contributed by atoms with E-state index in [1.807, 2.05) is 13.8 Å². The molecule has 0 aromatic heterocycles. The summed E-state index contributed by atoms with van der Waals surface area (Å²) in [5.74, 6) is 0.571. The van der Waals surface area contributed by atoms with Crippen LogP contribution in [-0.4, -0.2) is 11.6 Å². The van der Waals surface area contributed by atoms with Gasteiger partial charge in [0, 0.05) is 6.92 Å². The van der Waals surface area contributed by atoms with Crippen LogP contribution in [0.4, 0.5) is 0 Å². The Morgan fingerprint density at radius 3 is 2.64 bits per heavy atom. The summed E-state index contributed by atoms with van der Waals surface area (Å²) in [5, 5.41) is 0. The Bertz CT molecular complexity index is 251. The molecule has 0 aromatic carbocycles. The number of carbonyl (C=O) groups excluding carboxylic acids is 1. The van der Waals surface area contributed by atoms with E-state index in [-0.39, 0.29) is 5.97 Å². The van der Waals surface area contributed by atoms with Gasteiger partial charge < -0.3 is 4.74 Å². The summed E-state index contributed by atoms with van der Waals surface area (Å²) in [6.07, 6.45) is 5.61. The Morgan fingerprint density at radius 2 is 2.21 bits per heavy atom. The summed E-state index contributed by atoms with van der Waals surface area (Å²) in [4.78, 5) is 10.9. The van der Waals surface area contributed by atoms with Gasteiger partial charge in [-0.15, -0.1) is 0 Å². The lowest BCUT2D eigenvalue weighted by Gasteiger charge is -2.31. The largest absolute Gasteiger partial charge is 0.455 e. The summed E-state index contributed by atoms with van der Waals surface area (Å²) in [5.41, 5.74) is 0.859. The molecule has 0 spiro atoms. The standard InChI is InChI=1S/C12H20O2/c1-9-5-7-11(8-6-9)12(3,4)14-10(2)13/h7,9H,5-6,8H2,1-4H3. The number of allylic oxidation sites excluding steroid dienone is 1. The summed E-state index contributed by atoms with van der Waals surface area (Å²) < 4.78 is 5.31. The molecule has 0 heterocycles. The van der Waals surface area contributed by atoms with Crippen molar-refractivity contribution in [2.45, 2.75) is 52.6 Å². The first-order valence-electron chi connectivity index (χ1n) is 5.31. The van der Waals surface area contributed by atoms with E-state index in [1.165, 1.54) is 18.9 Å². The van der Waals surface area contributed by atoms with Gasteiger partial charge in [0.25, 0.3) is 0 Å². The Labute approximate surface area is 86.3 Å². The molecule has 0 aromatic rings. The quantitative estimate of drug-likeness (QED) is 0.501. The first kappa shape index (κ1) is 11.3. The summed E-state index contributed by atoms with van der Waals surface area (Å²) >= 11 is 0. The third-order valence-electron chi connectivity index (χ3n) is 2.85. The van der Waals surface area contributed by atoms with Crippen LogP contribution in [-0.2, 0) is 9.53 Å². The van der Waals surface area contributed by atoms with Gasteiger partial charge in [0.1, 0.15) is 5.60 Å². The molecular weight excluding hydrogens is 176 g/mol. The van der Waals surface area contributed by atoms with Crippen LogP contribution in [0.15, 0.2) is 11.6 Å². The van der Waals surface area contributed by atoms with Crippen LogP contribution in [0.5, 0.6) is 0 Å². The van der Waals surface area contributed by atoms with E-state index < -0.39 is 5.60 Å². The Morgan fingerprint density at radius 1 is 1.57 bits per heavy atom. The van der Waals surface area contributed by atoms with Crippen molar-refractivity contribution in [3.8, 4) is 0 Å². The zero-order chi connectivity index (χ0) is 10.8. The molecule has 1 aliphatic carbocycles. The van der Waals surface area contributed by atoms with E-state index in [9.17, 15) is 4.79 Å². The van der Waals surface area contributed by atoms with Crippen molar-refractivity contribution in [1.82, 2.24) is 0 Å². The minimum Gasteiger partial charge on any atom is -0.455 e. The smallest absolute Gasteiger partial charge is 0.303 e. The third-order valence-corrected chi connectivity index (χ3v) is 2.85. The molecular formula is C12H20O2. The summed E-state index contributed by atoms with van der Waals surface area (Å²) in [6.45, 7) is 7.66. The van der Waals surface area contributed by atoms with Crippen molar-refractivity contribution in [2.24, 2.45) is 5.92 Å². The summed E-state index contributed by atoms with van der Waals surface area (Å²) in [6, 6.07) is 0. The maximum Gasteiger partial charge on any atom is 0.303 e. The lowest BCUT2D eigenvalue weighted by molar-refractivity contribution is -0.150. The van der Waals surface area contributed by atoms with Gasteiger partial charge in [-0.05, 0) is 44.6 Å². The van der Waals surface area contributed by atoms with Gasteiger partial charge in [-0.25, -0.2) is 0 Å². The topological polar surface area (TPSA) is 26.3 Å². The highest BCUT2D eigenvalue weighted by atomic mass is 16.6. The average molecular weight is 196 g/mol. The molecule has 2 heteroatoms. The minimum atomic E-state index is -0.411. The molecule has 1 rings (SSSR count). The fourth-order valence-electron chi connectivity index (χ4n) is 1.94. The SMILES string of the molecule is CC(=O)OC(C)(C)C1=CCC(C)CC1. The molecule has 0 saturated carbocycles. The molecule has 0 aliphatic heterocycles. The maximum absolute atomic E-state index is 10.9. The number of hydrogen-bond acceptors (Lipinski definition) is 2. The fraction of sp³-hybridized carbons (Fsp3) is 0.750. The van der Waals surface area contributed by atoms with Crippen LogP contribution in [0.2, 0.25) is 0 Å². The number of rotatable bonds is 2. The van der Waals surface area contributed by atoms with Gasteiger partial charge in [0.2, 0.25) is 0 Å². The molecule has 0 amide bonds. The molecule has 0 saturated heterocycles. The Balaban J connectivity index is 2.67. The van der Waals surface area contributed by atoms with Gasteiger partial charge in [-0.1, -0.05) is 13.0 Å². The molecule has 14 heavy (non-hydrogen) atoms. The highest BCUT2D eigenvalue weighted by Crippen LogP contribution is 2.32. The predicted molar refractivity (Wildman–Crippen MR) is 56.9 cm³/mol. The molecule has 1 atom stereocenters. The molecule has 0 bridgehead atoms. The van der Waals surface area contributed by atoms with Crippen LogP contribution in [0.3, 0.4) is 0 Å². The van der Waals surface area contributed by atoms with E-state index in [2.05, 4.69) is 13.0 Å². The molecule has 0 fully saturated rings. The van der Waals surface area contributed by atoms with Crippen LogP contribution in [0.25, 0.3) is 0 Å². The fourth-order valence-corrected chi connectivity index (χ4v) is 1.94. The molecule has 0 radical (unpaired) electrons.